The molecule has 0 unspecified atom stereocenters. The van der Waals surface area contributed by atoms with Crippen molar-refractivity contribution in [2.24, 2.45) is 0 Å². The molecule has 19 heavy (non-hydrogen) atoms. The van der Waals surface area contributed by atoms with Crippen molar-refractivity contribution in [2.45, 2.75) is 24.4 Å². The molecule has 0 bridgehead atoms. The number of rotatable bonds is 5. The molecular formula is C11H12N4O3S. The summed E-state index contributed by atoms with van der Waals surface area (Å²) in [5, 5.41) is 17.5. The first kappa shape index (κ1) is 13.3. The number of hydrogen-bond donors (Lipinski definition) is 1. The normalized spacial score (nSPS) is 10.6. The van der Waals surface area contributed by atoms with E-state index in [4.69, 9.17) is 0 Å². The number of nitrogens with zero attached hydrogens (tertiary/aromatic N) is 3. The van der Waals surface area contributed by atoms with Gasteiger partial charge in [-0.2, -0.15) is 0 Å². The van der Waals surface area contributed by atoms with Crippen LogP contribution in [-0.4, -0.2) is 19.7 Å². The zero-order valence-electron chi connectivity index (χ0n) is 10.2. The van der Waals surface area contributed by atoms with Crippen molar-refractivity contribution in [1.29, 1.82) is 0 Å². The fourth-order valence-electron chi connectivity index (χ4n) is 1.60. The van der Waals surface area contributed by atoms with Crippen molar-refractivity contribution in [2.75, 3.05) is 0 Å². The van der Waals surface area contributed by atoms with Gasteiger partial charge in [0.2, 0.25) is 0 Å². The molecule has 1 aromatic heterocycles. The Morgan fingerprint density at radius 3 is 3.00 bits per heavy atom. The summed E-state index contributed by atoms with van der Waals surface area (Å²) >= 11 is 1.36. The molecule has 8 heteroatoms. The molecular weight excluding hydrogens is 268 g/mol. The van der Waals surface area contributed by atoms with Crippen LogP contribution in [0, 0.1) is 10.1 Å². The zero-order valence-corrected chi connectivity index (χ0v) is 11.0. The standard InChI is InChI=1S/C11H12N4O3S/c1-2-14-10(16)12-13-11(14)19-7-8-4-3-5-9(6-8)15(17)18/h3-6H,2,7H2,1H3,(H,12,16). The number of nitro benzene ring substituents is 1. The van der Waals surface area contributed by atoms with Gasteiger partial charge in [0.05, 0.1) is 4.92 Å². The van der Waals surface area contributed by atoms with Crippen LogP contribution in [0.15, 0.2) is 34.2 Å². The van der Waals surface area contributed by atoms with Crippen molar-refractivity contribution < 1.29 is 4.92 Å². The van der Waals surface area contributed by atoms with E-state index in [1.807, 2.05) is 6.92 Å². The Bertz CT molecular complexity index is 649. The van der Waals surface area contributed by atoms with Crippen molar-refractivity contribution in [3.8, 4) is 0 Å². The third-order valence-electron chi connectivity index (χ3n) is 2.53. The molecule has 0 aliphatic carbocycles. The van der Waals surface area contributed by atoms with E-state index in [1.165, 1.54) is 28.5 Å². The van der Waals surface area contributed by atoms with Gasteiger partial charge < -0.3 is 0 Å². The average molecular weight is 280 g/mol. The van der Waals surface area contributed by atoms with Gasteiger partial charge in [-0.3, -0.25) is 14.7 Å². The van der Waals surface area contributed by atoms with Crippen LogP contribution >= 0.6 is 11.8 Å². The lowest BCUT2D eigenvalue weighted by Crippen LogP contribution is -2.16. The van der Waals surface area contributed by atoms with Crippen molar-refractivity contribution in [3.63, 3.8) is 0 Å². The summed E-state index contributed by atoms with van der Waals surface area (Å²) < 4.78 is 1.52. The first-order valence-electron chi connectivity index (χ1n) is 5.63. The van der Waals surface area contributed by atoms with E-state index in [2.05, 4.69) is 10.2 Å². The van der Waals surface area contributed by atoms with Crippen LogP contribution in [0.2, 0.25) is 0 Å². The molecule has 7 nitrogen and oxygen atoms in total. The van der Waals surface area contributed by atoms with Crippen LogP contribution in [0.1, 0.15) is 12.5 Å². The highest BCUT2D eigenvalue weighted by Gasteiger charge is 2.09. The molecule has 1 aromatic carbocycles. The number of nitrogens with one attached hydrogen (secondary N) is 1. The Morgan fingerprint density at radius 1 is 1.53 bits per heavy atom. The molecule has 0 radical (unpaired) electrons. The Hall–Kier alpha value is -2.09. The third kappa shape index (κ3) is 3.02. The van der Waals surface area contributed by atoms with E-state index in [9.17, 15) is 14.9 Å². The number of nitro groups is 1. The average Bonchev–Trinajstić information content (AvgIpc) is 2.77. The molecule has 0 saturated carbocycles. The SMILES string of the molecule is CCn1c(SCc2cccc([N+](=O)[O-])c2)n[nH]c1=O. The summed E-state index contributed by atoms with van der Waals surface area (Å²) in [4.78, 5) is 21.6. The fourth-order valence-corrected chi connectivity index (χ4v) is 2.55. The predicted octanol–water partition coefficient (Wildman–Crippen LogP) is 1.79. The number of hydrogen-bond acceptors (Lipinski definition) is 5. The maximum atomic E-state index is 11.4. The second-order valence-electron chi connectivity index (χ2n) is 3.77. The van der Waals surface area contributed by atoms with E-state index >= 15 is 0 Å². The van der Waals surface area contributed by atoms with E-state index in [-0.39, 0.29) is 11.4 Å². The van der Waals surface area contributed by atoms with Crippen LogP contribution in [-0.2, 0) is 12.3 Å². The summed E-state index contributed by atoms with van der Waals surface area (Å²) in [5.41, 5.74) is 0.634. The third-order valence-corrected chi connectivity index (χ3v) is 3.58. The molecule has 0 atom stereocenters. The summed E-state index contributed by atoms with van der Waals surface area (Å²) in [7, 11) is 0. The number of non-ortho nitro benzene ring substituents is 1. The summed E-state index contributed by atoms with van der Waals surface area (Å²) in [6.45, 7) is 2.39. The molecule has 0 saturated heterocycles. The second-order valence-corrected chi connectivity index (χ2v) is 4.71. The van der Waals surface area contributed by atoms with Crippen molar-refractivity contribution >= 4 is 17.4 Å². The highest BCUT2D eigenvalue weighted by Crippen LogP contribution is 2.22. The minimum absolute atomic E-state index is 0.0630. The number of benzene rings is 1. The molecule has 2 rings (SSSR count). The summed E-state index contributed by atoms with van der Waals surface area (Å²) in [6, 6.07) is 6.42. The molecule has 0 aliphatic heterocycles. The van der Waals surface area contributed by atoms with E-state index in [0.29, 0.717) is 17.5 Å². The lowest BCUT2D eigenvalue weighted by atomic mass is 10.2. The van der Waals surface area contributed by atoms with Crippen LogP contribution in [0.5, 0.6) is 0 Å². The Balaban J connectivity index is 2.12. The van der Waals surface area contributed by atoms with Crippen LogP contribution in [0.4, 0.5) is 5.69 Å². The number of H-pyrrole nitrogens is 1. The molecule has 0 aliphatic rings. The van der Waals surface area contributed by atoms with Gasteiger partial charge in [0.15, 0.2) is 5.16 Å². The Labute approximate surface area is 112 Å². The van der Waals surface area contributed by atoms with Gasteiger partial charge in [0.1, 0.15) is 0 Å². The van der Waals surface area contributed by atoms with E-state index < -0.39 is 4.92 Å². The van der Waals surface area contributed by atoms with Gasteiger partial charge in [-0.25, -0.2) is 9.89 Å². The molecule has 100 valence electrons. The lowest BCUT2D eigenvalue weighted by molar-refractivity contribution is -0.384. The maximum Gasteiger partial charge on any atom is 0.343 e. The van der Waals surface area contributed by atoms with Crippen LogP contribution in [0.3, 0.4) is 0 Å². The topological polar surface area (TPSA) is 93.8 Å². The summed E-state index contributed by atoms with van der Waals surface area (Å²) in [5.74, 6) is 0.520. The molecule has 1 N–H and O–H groups in total. The quantitative estimate of drug-likeness (QED) is 0.512. The minimum Gasteiger partial charge on any atom is -0.270 e. The van der Waals surface area contributed by atoms with Crippen LogP contribution in [0.25, 0.3) is 0 Å². The van der Waals surface area contributed by atoms with Crippen LogP contribution < -0.4 is 5.69 Å². The van der Waals surface area contributed by atoms with Crippen molar-refractivity contribution in [3.05, 3.63) is 50.4 Å². The zero-order chi connectivity index (χ0) is 13.8. The highest BCUT2D eigenvalue weighted by molar-refractivity contribution is 7.98. The summed E-state index contributed by atoms with van der Waals surface area (Å²) in [6.07, 6.45) is 0. The largest absolute Gasteiger partial charge is 0.343 e. The second kappa shape index (κ2) is 5.70. The monoisotopic (exact) mass is 280 g/mol. The Kier molecular flexibility index (Phi) is 4.00. The number of thioether (sulfide) groups is 1. The Morgan fingerprint density at radius 2 is 2.32 bits per heavy atom. The van der Waals surface area contributed by atoms with Gasteiger partial charge in [0.25, 0.3) is 5.69 Å². The van der Waals surface area contributed by atoms with Gasteiger partial charge in [-0.15, -0.1) is 5.10 Å². The predicted molar refractivity (Wildman–Crippen MR) is 71.2 cm³/mol. The molecule has 0 spiro atoms. The first-order valence-corrected chi connectivity index (χ1v) is 6.61. The lowest BCUT2D eigenvalue weighted by Gasteiger charge is -2.02. The molecule has 0 fully saturated rings. The minimum atomic E-state index is -0.426. The number of aromatic amines is 1. The first-order chi connectivity index (χ1) is 9.11. The van der Waals surface area contributed by atoms with Gasteiger partial charge in [-0.05, 0) is 12.5 Å². The van der Waals surface area contributed by atoms with Gasteiger partial charge >= 0.3 is 5.69 Å². The smallest absolute Gasteiger partial charge is 0.270 e. The fraction of sp³-hybridized carbons (Fsp3) is 0.273. The highest BCUT2D eigenvalue weighted by atomic mass is 32.2. The molecule has 0 amide bonds. The van der Waals surface area contributed by atoms with E-state index in [0.717, 1.165) is 5.56 Å². The maximum absolute atomic E-state index is 11.4. The van der Waals surface area contributed by atoms with Gasteiger partial charge in [0, 0.05) is 24.4 Å². The number of aromatic nitrogens is 3. The van der Waals surface area contributed by atoms with E-state index in [1.54, 1.807) is 12.1 Å². The van der Waals surface area contributed by atoms with Crippen molar-refractivity contribution in [1.82, 2.24) is 14.8 Å². The van der Waals surface area contributed by atoms with Gasteiger partial charge in [-0.1, -0.05) is 23.9 Å². The molecule has 1 heterocycles. The molecule has 2 aromatic rings.